The van der Waals surface area contributed by atoms with Gasteiger partial charge in [0.05, 0.1) is 17.4 Å². The van der Waals surface area contributed by atoms with Crippen molar-refractivity contribution in [2.45, 2.75) is 25.0 Å². The van der Waals surface area contributed by atoms with E-state index in [9.17, 15) is 4.79 Å². The molecule has 0 spiro atoms. The van der Waals surface area contributed by atoms with Gasteiger partial charge < -0.3 is 21.1 Å². The van der Waals surface area contributed by atoms with E-state index in [2.05, 4.69) is 4.90 Å². The zero-order valence-electron chi connectivity index (χ0n) is 11.5. The minimum atomic E-state index is -0.457. The maximum Gasteiger partial charge on any atom is 0.250 e. The van der Waals surface area contributed by atoms with Gasteiger partial charge in [-0.1, -0.05) is 11.6 Å². The summed E-state index contributed by atoms with van der Waals surface area (Å²) < 4.78 is 5.41. The van der Waals surface area contributed by atoms with Crippen LogP contribution in [0.4, 0.5) is 5.69 Å². The highest BCUT2D eigenvalue weighted by molar-refractivity contribution is 6.31. The van der Waals surface area contributed by atoms with Crippen LogP contribution in [0.15, 0.2) is 18.2 Å². The van der Waals surface area contributed by atoms with Gasteiger partial charge in [0, 0.05) is 31.3 Å². The van der Waals surface area contributed by atoms with Crippen molar-refractivity contribution in [1.82, 2.24) is 0 Å². The smallest absolute Gasteiger partial charge is 0.250 e. The van der Waals surface area contributed by atoms with Gasteiger partial charge in [0.25, 0.3) is 5.91 Å². The number of carbonyl (C=O) groups excluding carboxylic acids is 1. The van der Waals surface area contributed by atoms with Crippen molar-refractivity contribution in [2.24, 2.45) is 11.5 Å². The molecule has 0 radical (unpaired) electrons. The Balaban J connectivity index is 2.34. The minimum Gasteiger partial charge on any atom is -0.381 e. The highest BCUT2D eigenvalue weighted by Gasteiger charge is 2.29. The average molecular weight is 298 g/mol. The number of benzene rings is 1. The molecule has 1 saturated heterocycles. The van der Waals surface area contributed by atoms with Gasteiger partial charge in [-0.25, -0.2) is 0 Å². The molecule has 6 heteroatoms. The third kappa shape index (κ3) is 3.06. The zero-order valence-corrected chi connectivity index (χ0v) is 12.3. The largest absolute Gasteiger partial charge is 0.381 e. The molecule has 1 amide bonds. The molecule has 1 aromatic rings. The second-order valence-corrected chi connectivity index (χ2v) is 5.43. The lowest BCUT2D eigenvalue weighted by atomic mass is 9.97. The molecule has 1 aliphatic heterocycles. The molecule has 0 saturated carbocycles. The minimum absolute atomic E-state index is 0.116. The number of anilines is 1. The number of nitrogens with two attached hydrogens (primary N) is 2. The van der Waals surface area contributed by atoms with Crippen LogP contribution in [0.3, 0.4) is 0 Å². The van der Waals surface area contributed by atoms with Crippen molar-refractivity contribution in [3.63, 3.8) is 0 Å². The number of primary amides is 1. The summed E-state index contributed by atoms with van der Waals surface area (Å²) in [6.07, 6.45) is 1.92. The summed E-state index contributed by atoms with van der Waals surface area (Å²) in [4.78, 5) is 13.7. The van der Waals surface area contributed by atoms with E-state index in [1.807, 2.05) is 0 Å². The number of amides is 1. The quantitative estimate of drug-likeness (QED) is 0.880. The summed E-state index contributed by atoms with van der Waals surface area (Å²) in [5, 5.41) is 0.578. The van der Waals surface area contributed by atoms with Crippen molar-refractivity contribution >= 4 is 23.2 Å². The predicted octanol–water partition coefficient (Wildman–Crippen LogP) is 1.38. The number of hydrogen-bond donors (Lipinski definition) is 2. The van der Waals surface area contributed by atoms with E-state index in [-0.39, 0.29) is 12.1 Å². The Hall–Kier alpha value is -1.30. The van der Waals surface area contributed by atoms with Gasteiger partial charge in [-0.2, -0.15) is 0 Å². The Morgan fingerprint density at radius 2 is 2.30 bits per heavy atom. The molecule has 0 aliphatic carbocycles. The van der Waals surface area contributed by atoms with Crippen molar-refractivity contribution in [2.75, 3.05) is 25.1 Å². The molecule has 1 aromatic carbocycles. The van der Waals surface area contributed by atoms with Gasteiger partial charge in [-0.3, -0.25) is 4.79 Å². The molecule has 20 heavy (non-hydrogen) atoms. The zero-order chi connectivity index (χ0) is 14.7. The first-order valence-electron chi connectivity index (χ1n) is 6.65. The molecule has 0 bridgehead atoms. The van der Waals surface area contributed by atoms with E-state index in [1.54, 1.807) is 25.3 Å². The first-order valence-corrected chi connectivity index (χ1v) is 7.03. The second kappa shape index (κ2) is 6.43. The Morgan fingerprint density at radius 3 is 2.90 bits per heavy atom. The highest BCUT2D eigenvalue weighted by Crippen LogP contribution is 2.30. The van der Waals surface area contributed by atoms with Crippen LogP contribution < -0.4 is 16.4 Å². The topological polar surface area (TPSA) is 81.6 Å². The van der Waals surface area contributed by atoms with Crippen molar-refractivity contribution < 1.29 is 9.53 Å². The van der Waals surface area contributed by atoms with Gasteiger partial charge in [-0.05, 0) is 31.0 Å². The van der Waals surface area contributed by atoms with Crippen LogP contribution in [-0.4, -0.2) is 38.3 Å². The number of carbonyl (C=O) groups is 1. The third-order valence-electron chi connectivity index (χ3n) is 3.81. The molecular formula is C14H20ClN3O2. The monoisotopic (exact) mass is 297 g/mol. The fourth-order valence-corrected chi connectivity index (χ4v) is 2.89. The van der Waals surface area contributed by atoms with Gasteiger partial charge in [0.1, 0.15) is 0 Å². The van der Waals surface area contributed by atoms with Crippen molar-refractivity contribution in [3.8, 4) is 0 Å². The maximum atomic E-state index is 11.6. The molecule has 110 valence electrons. The molecule has 1 aliphatic rings. The van der Waals surface area contributed by atoms with E-state index in [4.69, 9.17) is 27.8 Å². The van der Waals surface area contributed by atoms with Crippen LogP contribution >= 0.6 is 11.6 Å². The Bertz CT molecular complexity index is 495. The molecule has 1 heterocycles. The molecule has 0 aromatic heterocycles. The van der Waals surface area contributed by atoms with Gasteiger partial charge >= 0.3 is 0 Å². The molecule has 2 unspecified atom stereocenters. The third-order valence-corrected chi connectivity index (χ3v) is 4.04. The predicted molar refractivity (Wildman–Crippen MR) is 80.2 cm³/mol. The van der Waals surface area contributed by atoms with Gasteiger partial charge in [0.15, 0.2) is 0 Å². The van der Waals surface area contributed by atoms with Crippen LogP contribution in [0.2, 0.25) is 5.02 Å². The number of nitrogens with zero attached hydrogens (tertiary/aromatic N) is 1. The Morgan fingerprint density at radius 1 is 1.55 bits per heavy atom. The number of halogens is 1. The normalized spacial score (nSPS) is 22.9. The van der Waals surface area contributed by atoms with Crippen LogP contribution in [0, 0.1) is 0 Å². The van der Waals surface area contributed by atoms with Gasteiger partial charge in [-0.15, -0.1) is 0 Å². The highest BCUT2D eigenvalue weighted by atomic mass is 35.5. The molecule has 2 atom stereocenters. The fourth-order valence-electron chi connectivity index (χ4n) is 2.72. The fraction of sp³-hybridized carbons (Fsp3) is 0.500. The van der Waals surface area contributed by atoms with Crippen molar-refractivity contribution in [3.05, 3.63) is 28.8 Å². The maximum absolute atomic E-state index is 11.6. The first kappa shape index (κ1) is 15.1. The van der Waals surface area contributed by atoms with E-state index in [1.165, 1.54) is 0 Å². The Kier molecular flexibility index (Phi) is 4.86. The summed E-state index contributed by atoms with van der Waals surface area (Å²) in [7, 11) is 1.71. The van der Waals surface area contributed by atoms with Crippen LogP contribution in [0.25, 0.3) is 0 Å². The molecular weight excluding hydrogens is 278 g/mol. The number of piperidine rings is 1. The molecule has 2 rings (SSSR count). The van der Waals surface area contributed by atoms with E-state index in [0.717, 1.165) is 25.1 Å². The lowest BCUT2D eigenvalue weighted by Crippen LogP contribution is -2.49. The van der Waals surface area contributed by atoms with E-state index in [0.29, 0.717) is 17.1 Å². The SMILES string of the molecule is COC1CCN(c2cc(Cl)ccc2C(N)=O)C(CN)C1. The summed E-state index contributed by atoms with van der Waals surface area (Å²) in [6.45, 7) is 1.26. The Labute approximate surface area is 123 Å². The van der Waals surface area contributed by atoms with Crippen LogP contribution in [0.1, 0.15) is 23.2 Å². The molecule has 5 nitrogen and oxygen atoms in total. The number of rotatable bonds is 4. The van der Waals surface area contributed by atoms with Crippen LogP contribution in [0.5, 0.6) is 0 Å². The summed E-state index contributed by atoms with van der Waals surface area (Å²) in [6, 6.07) is 5.23. The number of ether oxygens (including phenoxy) is 1. The lowest BCUT2D eigenvalue weighted by Gasteiger charge is -2.40. The first-order chi connectivity index (χ1) is 9.56. The lowest BCUT2D eigenvalue weighted by molar-refractivity contribution is 0.0709. The number of methoxy groups -OCH3 is 1. The summed E-state index contributed by atoms with van der Waals surface area (Å²) in [5.74, 6) is -0.457. The average Bonchev–Trinajstić information content (AvgIpc) is 2.46. The molecule has 4 N–H and O–H groups in total. The number of hydrogen-bond acceptors (Lipinski definition) is 4. The van der Waals surface area contributed by atoms with Crippen molar-refractivity contribution in [1.29, 1.82) is 0 Å². The summed E-state index contributed by atoms with van der Waals surface area (Å²) >= 11 is 6.05. The van der Waals surface area contributed by atoms with Crippen LogP contribution in [-0.2, 0) is 4.74 Å². The summed E-state index contributed by atoms with van der Waals surface area (Å²) in [5.41, 5.74) is 12.5. The standard InChI is InChI=1S/C14H20ClN3O2/c1-20-11-4-5-18(10(7-11)8-16)13-6-9(15)2-3-12(13)14(17)19/h2-3,6,10-11H,4-5,7-8,16H2,1H3,(H2,17,19). The van der Waals surface area contributed by atoms with Gasteiger partial charge in [0.2, 0.25) is 0 Å². The second-order valence-electron chi connectivity index (χ2n) is 4.99. The van der Waals surface area contributed by atoms with E-state index < -0.39 is 5.91 Å². The molecule has 1 fully saturated rings. The van der Waals surface area contributed by atoms with E-state index >= 15 is 0 Å².